The number of nitroso groups, excluding NO2 is 1. The topological polar surface area (TPSA) is 71.0 Å². The maximum absolute atomic E-state index is 13.0. The number of nitrogens with one attached hydrogen (secondary N) is 1. The van der Waals surface area contributed by atoms with E-state index in [2.05, 4.69) is 10.5 Å². The molecule has 0 unspecified atom stereocenters. The summed E-state index contributed by atoms with van der Waals surface area (Å²) < 4.78 is 38.9. The van der Waals surface area contributed by atoms with Crippen molar-refractivity contribution in [2.45, 2.75) is 45.8 Å². The summed E-state index contributed by atoms with van der Waals surface area (Å²) in [5.41, 5.74) is -2.02. The number of hydrogen-bond acceptors (Lipinski definition) is 6. The van der Waals surface area contributed by atoms with Gasteiger partial charge in [0.1, 0.15) is 5.69 Å². The molecule has 0 spiro atoms. The van der Waals surface area contributed by atoms with Crippen molar-refractivity contribution in [2.75, 3.05) is 18.4 Å². The van der Waals surface area contributed by atoms with Crippen molar-refractivity contribution < 1.29 is 22.8 Å². The number of nitrogens with zero attached hydrogens (tertiary/aromatic N) is 2. The Kier molecular flexibility index (Phi) is 5.90. The first-order valence-corrected chi connectivity index (χ1v) is 8.29. The SMILES string of the molecule is CC(C)(C)C(=O)ON1CCC(Nc2ccc(N=O)c(C(F)(F)F)c2)CC1. The van der Waals surface area contributed by atoms with Crippen molar-refractivity contribution in [3.8, 4) is 0 Å². The molecule has 0 aliphatic carbocycles. The van der Waals surface area contributed by atoms with Crippen LogP contribution in [0.15, 0.2) is 23.4 Å². The first kappa shape index (κ1) is 20.2. The summed E-state index contributed by atoms with van der Waals surface area (Å²) in [7, 11) is 0. The lowest BCUT2D eigenvalue weighted by Crippen LogP contribution is -2.42. The Morgan fingerprint density at radius 1 is 1.23 bits per heavy atom. The molecule has 144 valence electrons. The van der Waals surface area contributed by atoms with Crippen LogP contribution >= 0.6 is 0 Å². The highest BCUT2D eigenvalue weighted by Gasteiger charge is 2.35. The average molecular weight is 373 g/mol. The molecule has 0 radical (unpaired) electrons. The van der Waals surface area contributed by atoms with Gasteiger partial charge in [-0.2, -0.15) is 13.2 Å². The lowest BCUT2D eigenvalue weighted by molar-refractivity contribution is -0.204. The van der Waals surface area contributed by atoms with Crippen LogP contribution in [0.25, 0.3) is 0 Å². The molecular formula is C17H22F3N3O3. The van der Waals surface area contributed by atoms with Crippen molar-refractivity contribution in [3.63, 3.8) is 0 Å². The minimum Gasteiger partial charge on any atom is -0.382 e. The molecule has 0 aromatic heterocycles. The first-order valence-electron chi connectivity index (χ1n) is 8.29. The molecule has 1 aliphatic heterocycles. The molecule has 9 heteroatoms. The van der Waals surface area contributed by atoms with E-state index in [0.29, 0.717) is 25.9 Å². The number of hydroxylamine groups is 2. The van der Waals surface area contributed by atoms with Gasteiger partial charge in [0.05, 0.1) is 11.0 Å². The number of piperidine rings is 1. The van der Waals surface area contributed by atoms with E-state index in [0.717, 1.165) is 12.1 Å². The zero-order valence-electron chi connectivity index (χ0n) is 14.9. The Morgan fingerprint density at radius 2 is 1.85 bits per heavy atom. The maximum Gasteiger partial charge on any atom is 0.418 e. The largest absolute Gasteiger partial charge is 0.418 e. The predicted molar refractivity (Wildman–Crippen MR) is 90.7 cm³/mol. The molecule has 0 saturated carbocycles. The van der Waals surface area contributed by atoms with E-state index in [9.17, 15) is 22.9 Å². The molecule has 1 fully saturated rings. The Labute approximate surface area is 149 Å². The molecule has 2 rings (SSSR count). The van der Waals surface area contributed by atoms with Crippen LogP contribution in [0.2, 0.25) is 0 Å². The third-order valence-corrected chi connectivity index (χ3v) is 4.05. The number of rotatable bonds is 4. The summed E-state index contributed by atoms with van der Waals surface area (Å²) in [6.07, 6.45) is -3.44. The molecule has 1 heterocycles. The van der Waals surface area contributed by atoms with Crippen LogP contribution in [0.3, 0.4) is 0 Å². The van der Waals surface area contributed by atoms with Gasteiger partial charge >= 0.3 is 12.1 Å². The summed E-state index contributed by atoms with van der Waals surface area (Å²) in [6, 6.07) is 3.29. The molecule has 1 saturated heterocycles. The zero-order chi connectivity index (χ0) is 19.5. The van der Waals surface area contributed by atoms with Crippen molar-refractivity contribution in [3.05, 3.63) is 28.7 Å². The van der Waals surface area contributed by atoms with Gasteiger partial charge in [0.15, 0.2) is 0 Å². The highest BCUT2D eigenvalue weighted by atomic mass is 19.4. The molecule has 26 heavy (non-hydrogen) atoms. The van der Waals surface area contributed by atoms with E-state index < -0.39 is 22.8 Å². The number of hydrogen-bond donors (Lipinski definition) is 1. The molecule has 1 aromatic rings. The smallest absolute Gasteiger partial charge is 0.382 e. The number of benzene rings is 1. The minimum atomic E-state index is -4.65. The molecule has 1 aromatic carbocycles. The van der Waals surface area contributed by atoms with E-state index in [1.54, 1.807) is 25.8 Å². The summed E-state index contributed by atoms with van der Waals surface area (Å²) in [6.45, 7) is 6.26. The second-order valence-electron chi connectivity index (χ2n) is 7.30. The van der Waals surface area contributed by atoms with Crippen LogP contribution in [0, 0.1) is 10.3 Å². The highest BCUT2D eigenvalue weighted by molar-refractivity contribution is 5.75. The zero-order valence-corrected chi connectivity index (χ0v) is 14.9. The Morgan fingerprint density at radius 3 is 2.35 bits per heavy atom. The van der Waals surface area contributed by atoms with Crippen molar-refractivity contribution >= 4 is 17.3 Å². The van der Waals surface area contributed by atoms with Gasteiger partial charge in [-0.15, -0.1) is 9.97 Å². The number of carbonyl (C=O) groups is 1. The van der Waals surface area contributed by atoms with Gasteiger partial charge in [-0.05, 0) is 57.0 Å². The monoisotopic (exact) mass is 373 g/mol. The van der Waals surface area contributed by atoms with Crippen LogP contribution in [0.1, 0.15) is 39.2 Å². The average Bonchev–Trinajstić information content (AvgIpc) is 2.55. The van der Waals surface area contributed by atoms with Gasteiger partial charge in [-0.3, -0.25) is 0 Å². The van der Waals surface area contributed by atoms with E-state index in [1.807, 2.05) is 0 Å². The van der Waals surface area contributed by atoms with E-state index >= 15 is 0 Å². The fraction of sp³-hybridized carbons (Fsp3) is 0.588. The first-order chi connectivity index (χ1) is 12.0. The van der Waals surface area contributed by atoms with Crippen LogP contribution in [0.4, 0.5) is 24.5 Å². The number of halogens is 3. The van der Waals surface area contributed by atoms with Crippen molar-refractivity contribution in [1.29, 1.82) is 0 Å². The summed E-state index contributed by atoms with van der Waals surface area (Å²) in [4.78, 5) is 27.7. The predicted octanol–water partition coefficient (Wildman–Crippen LogP) is 4.48. The van der Waals surface area contributed by atoms with Crippen molar-refractivity contribution in [1.82, 2.24) is 5.06 Å². The standard InChI is InChI=1S/C17H22F3N3O3/c1-16(2,3)15(24)26-23-8-6-11(7-9-23)21-12-4-5-14(22-25)13(10-12)17(18,19)20/h4-5,10-11,21H,6-9H2,1-3H3. The quantitative estimate of drug-likeness (QED) is 0.788. The second kappa shape index (κ2) is 7.61. The van der Waals surface area contributed by atoms with Gasteiger partial charge in [-0.1, -0.05) is 0 Å². The third-order valence-electron chi connectivity index (χ3n) is 4.05. The Hall–Kier alpha value is -2.16. The fourth-order valence-corrected chi connectivity index (χ4v) is 2.51. The molecule has 0 amide bonds. The van der Waals surface area contributed by atoms with E-state index in [-0.39, 0.29) is 17.7 Å². The molecule has 1 N–H and O–H groups in total. The minimum absolute atomic E-state index is 0.0595. The van der Waals surface area contributed by atoms with Crippen molar-refractivity contribution in [2.24, 2.45) is 10.6 Å². The molecule has 0 bridgehead atoms. The third kappa shape index (κ3) is 5.17. The summed E-state index contributed by atoms with van der Waals surface area (Å²) in [5, 5.41) is 7.04. The second-order valence-corrected chi connectivity index (χ2v) is 7.30. The molecule has 1 aliphatic rings. The van der Waals surface area contributed by atoms with Crippen LogP contribution in [0.5, 0.6) is 0 Å². The van der Waals surface area contributed by atoms with E-state index in [1.165, 1.54) is 6.07 Å². The van der Waals surface area contributed by atoms with Crippen LogP contribution < -0.4 is 5.32 Å². The molecule has 6 nitrogen and oxygen atoms in total. The highest BCUT2D eigenvalue weighted by Crippen LogP contribution is 2.38. The lowest BCUT2D eigenvalue weighted by atomic mass is 9.98. The molecular weight excluding hydrogens is 351 g/mol. The Balaban J connectivity index is 1.95. The van der Waals surface area contributed by atoms with Crippen LogP contribution in [-0.4, -0.2) is 30.2 Å². The van der Waals surface area contributed by atoms with E-state index in [4.69, 9.17) is 4.84 Å². The normalized spacial score (nSPS) is 17.0. The van der Waals surface area contributed by atoms with Crippen LogP contribution in [-0.2, 0) is 15.8 Å². The number of alkyl halides is 3. The number of carbonyl (C=O) groups excluding carboxylic acids is 1. The maximum atomic E-state index is 13.0. The van der Waals surface area contributed by atoms with Gasteiger partial charge in [0, 0.05) is 24.8 Å². The lowest BCUT2D eigenvalue weighted by Gasteiger charge is -2.33. The Bertz CT molecular complexity index is 663. The summed E-state index contributed by atoms with van der Waals surface area (Å²) in [5.74, 6) is -0.323. The number of anilines is 1. The fourth-order valence-electron chi connectivity index (χ4n) is 2.51. The van der Waals surface area contributed by atoms with Gasteiger partial charge < -0.3 is 10.2 Å². The van der Waals surface area contributed by atoms with Gasteiger partial charge in [0.25, 0.3) is 0 Å². The molecule has 0 atom stereocenters. The summed E-state index contributed by atoms with van der Waals surface area (Å²) >= 11 is 0. The van der Waals surface area contributed by atoms with Gasteiger partial charge in [-0.25, -0.2) is 4.79 Å². The van der Waals surface area contributed by atoms with Gasteiger partial charge in [0.2, 0.25) is 0 Å².